The van der Waals surface area contributed by atoms with Gasteiger partial charge in [-0.3, -0.25) is 4.79 Å². The number of rotatable bonds is 10. The standard InChI is InChI=1S/C20H27BrN2O5S/c1-5-23(6-2)10-13(25)11-28-17-15(21)9-8-14-16(22-12(4)24)19(29-18(14)17)20(26)27-7-3/h8-9,13,25H,5-7,10-11H2,1-4H3,(H,22,24). The molecule has 0 bridgehead atoms. The summed E-state index contributed by atoms with van der Waals surface area (Å²) >= 11 is 4.68. The van der Waals surface area contributed by atoms with Gasteiger partial charge in [0.1, 0.15) is 17.6 Å². The Labute approximate surface area is 183 Å². The summed E-state index contributed by atoms with van der Waals surface area (Å²) in [5.41, 5.74) is 0.414. The molecule has 7 nitrogen and oxygen atoms in total. The number of thiophene rings is 1. The number of carbonyl (C=O) groups is 2. The van der Waals surface area contributed by atoms with Crippen LogP contribution in [0, 0.1) is 0 Å². The van der Waals surface area contributed by atoms with E-state index in [9.17, 15) is 14.7 Å². The number of benzene rings is 1. The molecule has 2 rings (SSSR count). The predicted molar refractivity (Wildman–Crippen MR) is 119 cm³/mol. The highest BCUT2D eigenvalue weighted by Crippen LogP contribution is 2.44. The number of fused-ring (bicyclic) bond motifs is 1. The Kier molecular flexibility index (Phi) is 8.88. The van der Waals surface area contributed by atoms with Crippen molar-refractivity contribution in [3.05, 3.63) is 21.5 Å². The van der Waals surface area contributed by atoms with E-state index >= 15 is 0 Å². The van der Waals surface area contributed by atoms with E-state index in [1.165, 1.54) is 18.3 Å². The Morgan fingerprint density at radius 2 is 1.97 bits per heavy atom. The first-order valence-corrected chi connectivity index (χ1v) is 11.2. The first-order valence-electron chi connectivity index (χ1n) is 9.55. The lowest BCUT2D eigenvalue weighted by Gasteiger charge is -2.22. The Morgan fingerprint density at radius 1 is 1.28 bits per heavy atom. The number of esters is 1. The maximum atomic E-state index is 12.4. The lowest BCUT2D eigenvalue weighted by Crippen LogP contribution is -2.35. The maximum Gasteiger partial charge on any atom is 0.350 e. The number of amides is 1. The third-order valence-electron chi connectivity index (χ3n) is 4.31. The normalized spacial score (nSPS) is 12.2. The van der Waals surface area contributed by atoms with Crippen LogP contribution in [-0.4, -0.2) is 60.8 Å². The smallest absolute Gasteiger partial charge is 0.350 e. The van der Waals surface area contributed by atoms with Crippen LogP contribution >= 0.6 is 27.3 Å². The summed E-state index contributed by atoms with van der Waals surface area (Å²) in [7, 11) is 0. The van der Waals surface area contributed by atoms with Crippen molar-refractivity contribution in [3.8, 4) is 5.75 Å². The van der Waals surface area contributed by atoms with Crippen LogP contribution in [0.5, 0.6) is 5.75 Å². The summed E-state index contributed by atoms with van der Waals surface area (Å²) in [5.74, 6) is -0.260. The molecule has 0 spiro atoms. The number of anilines is 1. The minimum absolute atomic E-state index is 0.107. The van der Waals surface area contributed by atoms with E-state index in [4.69, 9.17) is 9.47 Å². The van der Waals surface area contributed by atoms with E-state index < -0.39 is 12.1 Å². The van der Waals surface area contributed by atoms with E-state index in [-0.39, 0.29) is 19.1 Å². The van der Waals surface area contributed by atoms with Crippen LogP contribution in [0.2, 0.25) is 0 Å². The van der Waals surface area contributed by atoms with Crippen LogP contribution in [0.15, 0.2) is 16.6 Å². The van der Waals surface area contributed by atoms with Crippen LogP contribution in [-0.2, 0) is 9.53 Å². The third-order valence-corrected chi connectivity index (χ3v) is 6.12. The molecule has 1 aromatic heterocycles. The van der Waals surface area contributed by atoms with Gasteiger partial charge < -0.3 is 24.8 Å². The number of hydrogen-bond donors (Lipinski definition) is 2. The molecule has 9 heteroatoms. The number of carbonyl (C=O) groups excluding carboxylic acids is 2. The van der Waals surface area contributed by atoms with Crippen molar-refractivity contribution in [2.75, 3.05) is 38.2 Å². The fourth-order valence-corrected chi connectivity index (χ4v) is 4.63. The van der Waals surface area contributed by atoms with Gasteiger partial charge in [0, 0.05) is 18.9 Å². The Hall–Kier alpha value is -1.68. The van der Waals surface area contributed by atoms with E-state index in [0.29, 0.717) is 37.4 Å². The van der Waals surface area contributed by atoms with Crippen molar-refractivity contribution < 1.29 is 24.2 Å². The second kappa shape index (κ2) is 10.9. The van der Waals surface area contributed by atoms with E-state index in [1.54, 1.807) is 13.0 Å². The van der Waals surface area contributed by atoms with Crippen LogP contribution in [0.1, 0.15) is 37.4 Å². The van der Waals surface area contributed by atoms with Gasteiger partial charge in [0.25, 0.3) is 0 Å². The number of aliphatic hydroxyl groups excluding tert-OH is 1. The van der Waals surface area contributed by atoms with Gasteiger partial charge in [-0.2, -0.15) is 0 Å². The predicted octanol–water partition coefficient (Wildman–Crippen LogP) is 3.88. The van der Waals surface area contributed by atoms with Crippen molar-refractivity contribution in [2.24, 2.45) is 0 Å². The van der Waals surface area contributed by atoms with Crippen LogP contribution < -0.4 is 10.1 Å². The molecule has 0 radical (unpaired) electrons. The molecule has 0 aliphatic heterocycles. The molecule has 0 saturated carbocycles. The molecule has 0 aliphatic rings. The van der Waals surface area contributed by atoms with Crippen molar-refractivity contribution in [3.63, 3.8) is 0 Å². The zero-order valence-corrected chi connectivity index (χ0v) is 19.5. The van der Waals surface area contributed by atoms with Crippen molar-refractivity contribution >= 4 is 54.9 Å². The van der Waals surface area contributed by atoms with Crippen LogP contribution in [0.3, 0.4) is 0 Å². The van der Waals surface area contributed by atoms with Gasteiger partial charge in [0.2, 0.25) is 5.91 Å². The van der Waals surface area contributed by atoms with Gasteiger partial charge in [0.05, 0.1) is 21.5 Å². The van der Waals surface area contributed by atoms with Crippen LogP contribution in [0.4, 0.5) is 5.69 Å². The number of aliphatic hydroxyl groups is 1. The fraction of sp³-hybridized carbons (Fsp3) is 0.500. The largest absolute Gasteiger partial charge is 0.488 e. The first-order chi connectivity index (χ1) is 13.8. The maximum absolute atomic E-state index is 12.4. The summed E-state index contributed by atoms with van der Waals surface area (Å²) in [4.78, 5) is 26.5. The van der Waals surface area contributed by atoms with Crippen LogP contribution in [0.25, 0.3) is 10.1 Å². The van der Waals surface area contributed by atoms with Gasteiger partial charge in [-0.15, -0.1) is 11.3 Å². The van der Waals surface area contributed by atoms with Crippen molar-refractivity contribution in [1.29, 1.82) is 0 Å². The first kappa shape index (κ1) is 23.6. The molecule has 1 atom stereocenters. The number of likely N-dealkylation sites (N-methyl/N-ethyl adjacent to an activating group) is 1. The van der Waals surface area contributed by atoms with Gasteiger partial charge in [-0.1, -0.05) is 19.9 Å². The fourth-order valence-electron chi connectivity index (χ4n) is 2.90. The molecule has 29 heavy (non-hydrogen) atoms. The second-order valence-electron chi connectivity index (χ2n) is 6.41. The Balaban J connectivity index is 2.38. The molecule has 0 aliphatic carbocycles. The van der Waals surface area contributed by atoms with Gasteiger partial charge in [-0.25, -0.2) is 4.79 Å². The summed E-state index contributed by atoms with van der Waals surface area (Å²) in [6, 6.07) is 3.60. The van der Waals surface area contributed by atoms with Gasteiger partial charge >= 0.3 is 5.97 Å². The van der Waals surface area contributed by atoms with Crippen molar-refractivity contribution in [1.82, 2.24) is 4.90 Å². The van der Waals surface area contributed by atoms with Gasteiger partial charge in [-0.05, 0) is 42.0 Å². The third kappa shape index (κ3) is 5.91. The molecule has 1 amide bonds. The van der Waals surface area contributed by atoms with Gasteiger partial charge in [0.15, 0.2) is 5.75 Å². The molecular weight excluding hydrogens is 460 g/mol. The number of halogens is 1. The molecule has 1 unspecified atom stereocenters. The molecule has 2 aromatic rings. The number of ether oxygens (including phenoxy) is 2. The molecule has 1 aromatic carbocycles. The molecule has 2 N–H and O–H groups in total. The summed E-state index contributed by atoms with van der Waals surface area (Å²) in [5, 5.41) is 13.8. The van der Waals surface area contributed by atoms with E-state index in [2.05, 4.69) is 26.1 Å². The molecule has 0 saturated heterocycles. The lowest BCUT2D eigenvalue weighted by atomic mass is 10.2. The Morgan fingerprint density at radius 3 is 2.55 bits per heavy atom. The average molecular weight is 487 g/mol. The number of nitrogens with one attached hydrogen (secondary N) is 1. The number of hydrogen-bond acceptors (Lipinski definition) is 7. The number of nitrogens with zero attached hydrogens (tertiary/aromatic N) is 1. The Bertz CT molecular complexity index is 866. The summed E-state index contributed by atoms with van der Waals surface area (Å²) < 4.78 is 12.5. The molecule has 0 fully saturated rings. The monoisotopic (exact) mass is 486 g/mol. The zero-order chi connectivity index (χ0) is 21.6. The van der Waals surface area contributed by atoms with Crippen molar-refractivity contribution in [2.45, 2.75) is 33.8 Å². The highest BCUT2D eigenvalue weighted by molar-refractivity contribution is 9.10. The minimum Gasteiger partial charge on any atom is -0.488 e. The molecular formula is C20H27BrN2O5S. The lowest BCUT2D eigenvalue weighted by molar-refractivity contribution is -0.114. The topological polar surface area (TPSA) is 88.1 Å². The molecule has 1 heterocycles. The zero-order valence-electron chi connectivity index (χ0n) is 17.1. The average Bonchev–Trinajstić information content (AvgIpc) is 3.03. The highest BCUT2D eigenvalue weighted by atomic mass is 79.9. The minimum atomic E-state index is -0.656. The highest BCUT2D eigenvalue weighted by Gasteiger charge is 2.24. The summed E-state index contributed by atoms with van der Waals surface area (Å²) in [6.45, 7) is 9.75. The summed E-state index contributed by atoms with van der Waals surface area (Å²) in [6.07, 6.45) is -0.656. The van der Waals surface area contributed by atoms with E-state index in [1.807, 2.05) is 19.9 Å². The van der Waals surface area contributed by atoms with E-state index in [0.717, 1.165) is 13.1 Å². The SMILES string of the molecule is CCOC(=O)c1sc2c(OCC(O)CN(CC)CC)c(Br)ccc2c1NC(C)=O. The second-order valence-corrected chi connectivity index (χ2v) is 8.29. The molecule has 160 valence electrons. The quantitative estimate of drug-likeness (QED) is 0.495.